The molecule has 6 heteroatoms. The number of nitrogens with zero attached hydrogens (tertiary/aromatic N) is 3. The van der Waals surface area contributed by atoms with Crippen LogP contribution in [-0.4, -0.2) is 41.1 Å². The first-order chi connectivity index (χ1) is 14.0. The molecule has 0 aliphatic heterocycles. The molecule has 146 valence electrons. The number of rotatable bonds is 4. The Hall–Kier alpha value is -3.41. The number of esters is 1. The molecule has 6 nitrogen and oxygen atoms in total. The minimum absolute atomic E-state index is 0.372. The molecule has 1 fully saturated rings. The normalized spacial score (nSPS) is 13.8. The topological polar surface area (TPSA) is 71.1 Å². The minimum Gasteiger partial charge on any atom is -0.465 e. The molecule has 2 aromatic heterocycles. The predicted molar refractivity (Wildman–Crippen MR) is 114 cm³/mol. The number of carbonyl (C=O) groups is 1. The van der Waals surface area contributed by atoms with Crippen molar-refractivity contribution in [1.82, 2.24) is 15.0 Å². The number of aryl methyl sites for hydroxylation is 1. The summed E-state index contributed by atoms with van der Waals surface area (Å²) in [5.74, 6) is 0.469. The Kier molecular flexibility index (Phi) is 4.01. The van der Waals surface area contributed by atoms with Crippen molar-refractivity contribution in [3.63, 3.8) is 0 Å². The molecule has 2 aromatic carbocycles. The van der Waals surface area contributed by atoms with Crippen molar-refractivity contribution in [3.8, 4) is 11.3 Å². The Balaban J connectivity index is 1.71. The minimum atomic E-state index is -0.372. The second-order valence-electron chi connectivity index (χ2n) is 7.69. The zero-order valence-electron chi connectivity index (χ0n) is 16.7. The van der Waals surface area contributed by atoms with Gasteiger partial charge < -0.3 is 14.6 Å². The molecule has 5 rings (SSSR count). The summed E-state index contributed by atoms with van der Waals surface area (Å²) in [6.07, 6.45) is 2.32. The number of carbonyl (C=O) groups excluding carboxylic acids is 1. The van der Waals surface area contributed by atoms with Gasteiger partial charge in [-0.25, -0.2) is 14.8 Å². The smallest absolute Gasteiger partial charge is 0.337 e. The van der Waals surface area contributed by atoms with E-state index in [2.05, 4.69) is 48.1 Å². The van der Waals surface area contributed by atoms with Crippen molar-refractivity contribution in [2.75, 3.05) is 19.1 Å². The average Bonchev–Trinajstić information content (AvgIpc) is 3.51. The fourth-order valence-electron chi connectivity index (χ4n) is 3.79. The summed E-state index contributed by atoms with van der Waals surface area (Å²) in [5, 5.41) is 1.16. The van der Waals surface area contributed by atoms with Gasteiger partial charge in [-0.2, -0.15) is 0 Å². The maximum atomic E-state index is 11.9. The van der Waals surface area contributed by atoms with Crippen LogP contribution in [0.5, 0.6) is 0 Å². The molecule has 2 heterocycles. The molecule has 0 spiro atoms. The van der Waals surface area contributed by atoms with E-state index >= 15 is 0 Å². The molecule has 4 aromatic rings. The summed E-state index contributed by atoms with van der Waals surface area (Å²) < 4.78 is 4.85. The molecular formula is C23H22N4O2. The number of aromatic nitrogens is 3. The molecule has 0 bridgehead atoms. The third-order valence-corrected chi connectivity index (χ3v) is 5.52. The number of ether oxygens (including phenoxy) is 1. The van der Waals surface area contributed by atoms with Crippen LogP contribution in [0.4, 0.5) is 5.82 Å². The van der Waals surface area contributed by atoms with Gasteiger partial charge in [0.1, 0.15) is 5.69 Å². The van der Waals surface area contributed by atoms with E-state index in [-0.39, 0.29) is 5.97 Å². The summed E-state index contributed by atoms with van der Waals surface area (Å²) >= 11 is 0. The van der Waals surface area contributed by atoms with Gasteiger partial charge in [-0.05, 0) is 56.2 Å². The summed E-state index contributed by atoms with van der Waals surface area (Å²) in [4.78, 5) is 27.4. The number of benzene rings is 2. The van der Waals surface area contributed by atoms with Crippen LogP contribution in [0.15, 0.2) is 42.5 Å². The van der Waals surface area contributed by atoms with Gasteiger partial charge in [-0.1, -0.05) is 6.07 Å². The van der Waals surface area contributed by atoms with E-state index < -0.39 is 0 Å². The maximum Gasteiger partial charge on any atom is 0.337 e. The highest BCUT2D eigenvalue weighted by Gasteiger charge is 2.29. The maximum absolute atomic E-state index is 11.9. The van der Waals surface area contributed by atoms with Gasteiger partial charge in [-0.15, -0.1) is 0 Å². The van der Waals surface area contributed by atoms with Crippen molar-refractivity contribution >= 4 is 33.7 Å². The molecule has 0 radical (unpaired) electrons. The van der Waals surface area contributed by atoms with Crippen LogP contribution in [0, 0.1) is 6.92 Å². The Morgan fingerprint density at radius 2 is 1.93 bits per heavy atom. The van der Waals surface area contributed by atoms with Gasteiger partial charge in [0.25, 0.3) is 0 Å². The van der Waals surface area contributed by atoms with E-state index in [1.807, 2.05) is 6.07 Å². The lowest BCUT2D eigenvalue weighted by molar-refractivity contribution is 0.0601. The molecular weight excluding hydrogens is 364 g/mol. The van der Waals surface area contributed by atoms with E-state index in [4.69, 9.17) is 14.7 Å². The van der Waals surface area contributed by atoms with E-state index in [1.54, 1.807) is 12.1 Å². The fourth-order valence-corrected chi connectivity index (χ4v) is 3.79. The van der Waals surface area contributed by atoms with Crippen LogP contribution in [0.3, 0.4) is 0 Å². The predicted octanol–water partition coefficient (Wildman–Crippen LogP) is 4.47. The molecule has 0 amide bonds. The van der Waals surface area contributed by atoms with Crippen molar-refractivity contribution in [3.05, 3.63) is 53.7 Å². The summed E-state index contributed by atoms with van der Waals surface area (Å²) in [6.45, 7) is 2.06. The molecule has 0 unspecified atom stereocenters. The lowest BCUT2D eigenvalue weighted by atomic mass is 10.1. The van der Waals surface area contributed by atoms with Gasteiger partial charge in [0, 0.05) is 35.2 Å². The van der Waals surface area contributed by atoms with E-state index in [1.165, 1.54) is 7.11 Å². The molecule has 29 heavy (non-hydrogen) atoms. The number of H-pyrrole nitrogens is 1. The Morgan fingerprint density at radius 3 is 2.69 bits per heavy atom. The van der Waals surface area contributed by atoms with E-state index in [0.717, 1.165) is 52.0 Å². The summed E-state index contributed by atoms with van der Waals surface area (Å²) in [7, 11) is 3.45. The van der Waals surface area contributed by atoms with Gasteiger partial charge in [0.05, 0.1) is 23.7 Å². The molecule has 1 N–H and O–H groups in total. The quantitative estimate of drug-likeness (QED) is 0.524. The number of hydrogen-bond acceptors (Lipinski definition) is 5. The van der Waals surface area contributed by atoms with Crippen LogP contribution < -0.4 is 4.90 Å². The highest BCUT2D eigenvalue weighted by molar-refractivity contribution is 5.95. The van der Waals surface area contributed by atoms with Crippen molar-refractivity contribution in [2.24, 2.45) is 0 Å². The van der Waals surface area contributed by atoms with Crippen LogP contribution in [-0.2, 0) is 4.74 Å². The van der Waals surface area contributed by atoms with Gasteiger partial charge in [0.15, 0.2) is 5.82 Å². The van der Waals surface area contributed by atoms with Gasteiger partial charge >= 0.3 is 5.97 Å². The van der Waals surface area contributed by atoms with Gasteiger partial charge in [0.2, 0.25) is 0 Å². The monoisotopic (exact) mass is 386 g/mol. The highest BCUT2D eigenvalue weighted by atomic mass is 16.5. The molecule has 0 atom stereocenters. The Morgan fingerprint density at radius 1 is 1.10 bits per heavy atom. The third-order valence-electron chi connectivity index (χ3n) is 5.52. The zero-order chi connectivity index (χ0) is 20.1. The van der Waals surface area contributed by atoms with Crippen molar-refractivity contribution in [2.45, 2.75) is 25.8 Å². The average molecular weight is 386 g/mol. The van der Waals surface area contributed by atoms with Gasteiger partial charge in [-0.3, -0.25) is 0 Å². The fraction of sp³-hybridized carbons (Fsp3) is 0.261. The highest BCUT2D eigenvalue weighted by Crippen LogP contribution is 2.36. The Labute approximate surface area is 168 Å². The number of methoxy groups -OCH3 is 1. The van der Waals surface area contributed by atoms with Crippen molar-refractivity contribution < 1.29 is 9.53 Å². The van der Waals surface area contributed by atoms with Crippen LogP contribution in [0.25, 0.3) is 33.2 Å². The first-order valence-electron chi connectivity index (χ1n) is 9.76. The van der Waals surface area contributed by atoms with Crippen LogP contribution >= 0.6 is 0 Å². The number of nitrogens with one attached hydrogen (secondary N) is 1. The van der Waals surface area contributed by atoms with E-state index in [0.29, 0.717) is 17.1 Å². The molecule has 1 aliphatic carbocycles. The second kappa shape index (κ2) is 6.58. The second-order valence-corrected chi connectivity index (χ2v) is 7.69. The Bertz CT molecular complexity index is 1260. The van der Waals surface area contributed by atoms with Crippen LogP contribution in [0.2, 0.25) is 0 Å². The zero-order valence-corrected chi connectivity index (χ0v) is 16.7. The SMILES string of the molecule is COC(=O)c1ccc2nc(-c3ccc4[nH]c(C)cc4c3)c(N(C)C3CC3)nc2c1. The number of aromatic amines is 1. The first kappa shape index (κ1) is 17.7. The molecule has 1 saturated carbocycles. The summed E-state index contributed by atoms with van der Waals surface area (Å²) in [6, 6.07) is 14.3. The summed E-state index contributed by atoms with van der Waals surface area (Å²) in [5.41, 5.74) is 6.06. The largest absolute Gasteiger partial charge is 0.465 e. The number of anilines is 1. The van der Waals surface area contributed by atoms with Crippen LogP contribution in [0.1, 0.15) is 28.9 Å². The number of hydrogen-bond donors (Lipinski definition) is 1. The van der Waals surface area contributed by atoms with E-state index in [9.17, 15) is 4.79 Å². The molecule has 0 saturated heterocycles. The molecule has 1 aliphatic rings. The first-order valence-corrected chi connectivity index (χ1v) is 9.76. The standard InChI is InChI=1S/C23H22N4O2/c1-13-10-16-11-14(4-8-18(16)24-13)21-22(27(2)17-6-7-17)26-20-12-15(23(28)29-3)5-9-19(20)25-21/h4-5,8-12,17,24H,6-7H2,1-3H3. The lowest BCUT2D eigenvalue weighted by Crippen LogP contribution is -2.22. The lowest BCUT2D eigenvalue weighted by Gasteiger charge is -2.21. The van der Waals surface area contributed by atoms with Crippen molar-refractivity contribution in [1.29, 1.82) is 0 Å². The third kappa shape index (κ3) is 3.10. The number of fused-ring (bicyclic) bond motifs is 2.